The summed E-state index contributed by atoms with van der Waals surface area (Å²) in [7, 11) is 10.4. The normalized spacial score (nSPS) is 26.6. The van der Waals surface area contributed by atoms with Gasteiger partial charge in [0.25, 0.3) is 0 Å². The van der Waals surface area contributed by atoms with E-state index in [-0.39, 0.29) is 0 Å². The third-order valence-electron chi connectivity index (χ3n) is 0.777. The van der Waals surface area contributed by atoms with Crippen LogP contribution in [0.2, 0.25) is 0 Å². The summed E-state index contributed by atoms with van der Waals surface area (Å²) in [6.07, 6.45) is 0. The first-order valence-electron chi connectivity index (χ1n) is 1.93. The highest BCUT2D eigenvalue weighted by molar-refractivity contribution is 4.50. The fraction of sp³-hybridized carbons (Fsp3) is 0.500. The van der Waals surface area contributed by atoms with Gasteiger partial charge in [-0.25, -0.2) is 10.0 Å². The minimum absolute atomic E-state index is 0.385. The topological polar surface area (TPSA) is 15.7 Å². The van der Waals surface area contributed by atoms with Crippen LogP contribution in [0, 0.1) is 14.1 Å². The molecule has 1 heterocycles. The van der Waals surface area contributed by atoms with Crippen molar-refractivity contribution in [3.05, 3.63) is 14.1 Å². The summed E-state index contributed by atoms with van der Waals surface area (Å²) in [5, 5.41) is 2.58. The molecule has 1 saturated heterocycles. The average Bonchev–Trinajstić information content (AvgIpc) is 1.91. The van der Waals surface area contributed by atoms with Crippen molar-refractivity contribution in [1.29, 1.82) is 0 Å². The molecule has 0 bridgehead atoms. The first-order chi connectivity index (χ1) is 3.30. The van der Waals surface area contributed by atoms with Crippen molar-refractivity contribution in [2.45, 2.75) is 0 Å². The minimum atomic E-state index is 0.385. The molecule has 38 valence electrons. The molecule has 0 aromatic carbocycles. The largest absolute Gasteiger partial charge is 0.348 e. The van der Waals surface area contributed by atoms with Crippen LogP contribution in [0.15, 0.2) is 0 Å². The summed E-state index contributed by atoms with van der Waals surface area (Å²) in [6, 6.07) is 0. The molecule has 0 N–H and O–H groups in total. The molecule has 0 aromatic heterocycles. The number of hydrogen-bond acceptors (Lipinski definition) is 3. The van der Waals surface area contributed by atoms with E-state index in [1.54, 1.807) is 0 Å². The highest BCUT2D eigenvalue weighted by atomic mass is 16.5. The van der Waals surface area contributed by atoms with Gasteiger partial charge in [0, 0.05) is 0 Å². The van der Waals surface area contributed by atoms with Crippen molar-refractivity contribution in [2.75, 3.05) is 13.5 Å². The number of hydrogen-bond donors (Lipinski definition) is 0. The van der Waals surface area contributed by atoms with Crippen LogP contribution in [-0.2, 0) is 4.74 Å². The van der Waals surface area contributed by atoms with Gasteiger partial charge >= 0.3 is 0 Å². The van der Waals surface area contributed by atoms with E-state index in [1.807, 2.05) is 0 Å². The number of ether oxygens (including phenoxy) is 1. The minimum Gasteiger partial charge on any atom is -0.348 e. The summed E-state index contributed by atoms with van der Waals surface area (Å²) in [5.41, 5.74) is 0. The molecule has 0 spiro atoms. The Bertz CT molecular complexity index is 58.7. The van der Waals surface area contributed by atoms with E-state index in [4.69, 9.17) is 18.8 Å². The van der Waals surface area contributed by atoms with Gasteiger partial charge < -0.3 is 4.74 Å². The molecule has 7 heavy (non-hydrogen) atoms. The Labute approximate surface area is 43.4 Å². The second-order valence-electron chi connectivity index (χ2n) is 1.34. The zero-order valence-corrected chi connectivity index (χ0v) is 3.87. The lowest BCUT2D eigenvalue weighted by Gasteiger charge is -2.11. The fourth-order valence-corrected chi connectivity index (χ4v) is 0.376. The quantitative estimate of drug-likeness (QED) is 0.417. The molecule has 4 radical (unpaired) electrons. The third-order valence-corrected chi connectivity index (χ3v) is 0.777. The Balaban J connectivity index is 2.33. The molecular formula is C4H6N2O. The van der Waals surface area contributed by atoms with Gasteiger partial charge in [-0.1, -0.05) is 0 Å². The molecule has 0 aliphatic carbocycles. The van der Waals surface area contributed by atoms with Crippen LogP contribution in [0.25, 0.3) is 0 Å². The molecule has 0 aromatic rings. The van der Waals surface area contributed by atoms with Gasteiger partial charge in [-0.2, -0.15) is 0 Å². The summed E-state index contributed by atoms with van der Waals surface area (Å²) in [5.74, 6) is 0. The second-order valence-corrected chi connectivity index (χ2v) is 1.34. The maximum atomic E-state index is 5.19. The van der Waals surface area contributed by atoms with E-state index >= 15 is 0 Å². The molecule has 0 atom stereocenters. The van der Waals surface area contributed by atoms with Gasteiger partial charge in [-0.3, -0.25) is 0 Å². The summed E-state index contributed by atoms with van der Waals surface area (Å²) in [6.45, 7) is 0.771. The number of rotatable bonds is 0. The lowest BCUT2D eigenvalue weighted by atomic mass is 11.0. The lowest BCUT2D eigenvalue weighted by Crippen LogP contribution is -2.24. The van der Waals surface area contributed by atoms with E-state index in [2.05, 4.69) is 0 Å². The van der Waals surface area contributed by atoms with E-state index in [0.717, 1.165) is 0 Å². The predicted octanol–water partition coefficient (Wildman–Crippen LogP) is -0.212. The maximum absolute atomic E-state index is 5.19. The van der Waals surface area contributed by atoms with Gasteiger partial charge in [0.2, 0.25) is 0 Å². The summed E-state index contributed by atoms with van der Waals surface area (Å²) >= 11 is 0. The number of hydrazine groups is 1. The van der Waals surface area contributed by atoms with Crippen LogP contribution in [0.3, 0.4) is 0 Å². The Morgan fingerprint density at radius 1 is 1.14 bits per heavy atom. The van der Waals surface area contributed by atoms with Gasteiger partial charge in [0.15, 0.2) is 0 Å². The van der Waals surface area contributed by atoms with E-state index in [1.165, 1.54) is 10.0 Å². The molecular weight excluding hydrogens is 92.1 g/mol. The van der Waals surface area contributed by atoms with Crippen LogP contribution in [0.5, 0.6) is 0 Å². The molecule has 3 heteroatoms. The van der Waals surface area contributed by atoms with E-state index in [9.17, 15) is 0 Å². The Hall–Kier alpha value is -0.120. The molecule has 1 fully saturated rings. The zero-order chi connectivity index (χ0) is 5.28. The molecule has 1 aliphatic heterocycles. The zero-order valence-electron chi connectivity index (χ0n) is 3.87. The molecule has 1 rings (SSSR count). The number of nitrogens with zero attached hydrogens (tertiary/aromatic N) is 2. The van der Waals surface area contributed by atoms with Gasteiger partial charge in [0.1, 0.15) is 13.5 Å². The molecule has 0 unspecified atom stereocenters. The van der Waals surface area contributed by atoms with Crippen LogP contribution in [0.4, 0.5) is 0 Å². The van der Waals surface area contributed by atoms with Crippen molar-refractivity contribution >= 4 is 0 Å². The average molecular weight is 98.1 g/mol. The molecule has 1 aliphatic rings. The van der Waals surface area contributed by atoms with E-state index in [0.29, 0.717) is 13.5 Å². The van der Waals surface area contributed by atoms with Crippen LogP contribution in [0.1, 0.15) is 0 Å². The monoisotopic (exact) mass is 98.0 g/mol. The molecule has 0 saturated carbocycles. The highest BCUT2D eigenvalue weighted by Crippen LogP contribution is 2.01. The van der Waals surface area contributed by atoms with Gasteiger partial charge in [-0.15, -0.1) is 0 Å². The van der Waals surface area contributed by atoms with Crippen LogP contribution in [-0.4, -0.2) is 23.5 Å². The first-order valence-corrected chi connectivity index (χ1v) is 1.93. The smallest absolute Gasteiger partial charge is 0.114 e. The van der Waals surface area contributed by atoms with Crippen molar-refractivity contribution in [3.8, 4) is 0 Å². The summed E-state index contributed by atoms with van der Waals surface area (Å²) in [4.78, 5) is 0. The van der Waals surface area contributed by atoms with Gasteiger partial charge in [-0.05, 0) is 0 Å². The SMILES string of the molecule is [CH]N1COCN1[CH]. The van der Waals surface area contributed by atoms with Crippen molar-refractivity contribution in [2.24, 2.45) is 0 Å². The van der Waals surface area contributed by atoms with Crippen molar-refractivity contribution in [1.82, 2.24) is 10.0 Å². The van der Waals surface area contributed by atoms with Crippen molar-refractivity contribution < 1.29 is 4.74 Å². The van der Waals surface area contributed by atoms with Gasteiger partial charge in [0.05, 0.1) is 14.1 Å². The fourth-order valence-electron chi connectivity index (χ4n) is 0.376. The third kappa shape index (κ3) is 0.907. The standard InChI is InChI=1S/C4H6N2O/c1-5-3-7-4-6(5)2/h1-2H,3-4H2. The predicted molar refractivity (Wildman–Crippen MR) is 23.1 cm³/mol. The first kappa shape index (κ1) is 5.03. The van der Waals surface area contributed by atoms with Crippen molar-refractivity contribution in [3.63, 3.8) is 0 Å². The summed E-state index contributed by atoms with van der Waals surface area (Å²) < 4.78 is 4.77. The van der Waals surface area contributed by atoms with E-state index < -0.39 is 0 Å². The van der Waals surface area contributed by atoms with Crippen LogP contribution >= 0.6 is 0 Å². The highest BCUT2D eigenvalue weighted by Gasteiger charge is 2.12. The second kappa shape index (κ2) is 1.78. The van der Waals surface area contributed by atoms with Crippen LogP contribution < -0.4 is 0 Å². The Morgan fingerprint density at radius 3 is 1.71 bits per heavy atom. The molecule has 0 amide bonds. The Kier molecular flexibility index (Phi) is 1.27. The lowest BCUT2D eigenvalue weighted by molar-refractivity contribution is 0.136. The molecule has 3 nitrogen and oxygen atoms in total. The maximum Gasteiger partial charge on any atom is 0.114 e. The Morgan fingerprint density at radius 2 is 1.57 bits per heavy atom.